The molecule has 106 valence electrons. The van der Waals surface area contributed by atoms with Crippen LogP contribution < -0.4 is 0 Å². The van der Waals surface area contributed by atoms with E-state index in [0.717, 1.165) is 35.9 Å². The lowest BCUT2D eigenvalue weighted by Crippen LogP contribution is -2.38. The Kier molecular flexibility index (Phi) is 4.05. The van der Waals surface area contributed by atoms with Gasteiger partial charge in [-0.05, 0) is 31.9 Å². The first-order valence-electron chi connectivity index (χ1n) is 6.48. The lowest BCUT2D eigenvalue weighted by Gasteiger charge is -2.31. The molecular formula is C13H14ClN3OS2. The Morgan fingerprint density at radius 1 is 1.40 bits per heavy atom. The van der Waals surface area contributed by atoms with Gasteiger partial charge in [-0.3, -0.25) is 4.79 Å². The first kappa shape index (κ1) is 14.0. The van der Waals surface area contributed by atoms with E-state index in [4.69, 9.17) is 11.6 Å². The lowest BCUT2D eigenvalue weighted by atomic mass is 9.98. The minimum Gasteiger partial charge on any atom is -0.337 e. The zero-order chi connectivity index (χ0) is 14.1. The SMILES string of the molecule is Cc1nnc([C@H]2CCCN(C(=O)c3ccc(Cl)s3)C2)s1. The molecule has 1 fully saturated rings. The molecule has 7 heteroatoms. The van der Waals surface area contributed by atoms with Gasteiger partial charge < -0.3 is 4.90 Å². The largest absolute Gasteiger partial charge is 0.337 e. The van der Waals surface area contributed by atoms with Gasteiger partial charge in [0, 0.05) is 19.0 Å². The maximum atomic E-state index is 12.4. The van der Waals surface area contributed by atoms with Crippen molar-refractivity contribution >= 4 is 40.2 Å². The van der Waals surface area contributed by atoms with Gasteiger partial charge in [-0.25, -0.2) is 0 Å². The molecule has 2 aromatic rings. The predicted molar refractivity (Wildman–Crippen MR) is 81.9 cm³/mol. The van der Waals surface area contributed by atoms with Crippen LogP contribution in [0.3, 0.4) is 0 Å². The van der Waals surface area contributed by atoms with Crippen molar-refractivity contribution in [1.82, 2.24) is 15.1 Å². The van der Waals surface area contributed by atoms with E-state index in [1.165, 1.54) is 11.3 Å². The van der Waals surface area contributed by atoms with Crippen LogP contribution in [0.5, 0.6) is 0 Å². The number of likely N-dealkylation sites (tertiary alicyclic amines) is 1. The molecule has 0 unspecified atom stereocenters. The number of halogens is 1. The van der Waals surface area contributed by atoms with Crippen molar-refractivity contribution in [2.24, 2.45) is 0 Å². The second-order valence-electron chi connectivity index (χ2n) is 4.85. The molecule has 0 radical (unpaired) electrons. The number of aryl methyl sites for hydroxylation is 1. The Morgan fingerprint density at radius 3 is 2.90 bits per heavy atom. The summed E-state index contributed by atoms with van der Waals surface area (Å²) in [5, 5.41) is 10.3. The highest BCUT2D eigenvalue weighted by Crippen LogP contribution is 2.30. The third-order valence-electron chi connectivity index (χ3n) is 3.38. The highest BCUT2D eigenvalue weighted by atomic mass is 35.5. The molecule has 20 heavy (non-hydrogen) atoms. The van der Waals surface area contributed by atoms with Gasteiger partial charge in [0.15, 0.2) is 0 Å². The van der Waals surface area contributed by atoms with Crippen LogP contribution >= 0.6 is 34.3 Å². The van der Waals surface area contributed by atoms with E-state index in [-0.39, 0.29) is 5.91 Å². The van der Waals surface area contributed by atoms with Crippen LogP contribution in [0.15, 0.2) is 12.1 Å². The van der Waals surface area contributed by atoms with Crippen molar-refractivity contribution in [2.45, 2.75) is 25.7 Å². The fraction of sp³-hybridized carbons (Fsp3) is 0.462. The molecule has 3 heterocycles. The van der Waals surface area contributed by atoms with E-state index >= 15 is 0 Å². The molecule has 0 N–H and O–H groups in total. The van der Waals surface area contributed by atoms with Crippen molar-refractivity contribution < 1.29 is 4.79 Å². The van der Waals surface area contributed by atoms with Crippen molar-refractivity contribution in [2.75, 3.05) is 13.1 Å². The maximum absolute atomic E-state index is 12.4. The lowest BCUT2D eigenvalue weighted by molar-refractivity contribution is 0.0712. The molecule has 0 aromatic carbocycles. The van der Waals surface area contributed by atoms with E-state index in [1.807, 2.05) is 11.8 Å². The van der Waals surface area contributed by atoms with Gasteiger partial charge in [-0.2, -0.15) is 0 Å². The van der Waals surface area contributed by atoms with E-state index in [1.54, 1.807) is 23.5 Å². The number of aromatic nitrogens is 2. The number of nitrogens with zero attached hydrogens (tertiary/aromatic N) is 3. The number of thiophene rings is 1. The van der Waals surface area contributed by atoms with E-state index in [0.29, 0.717) is 15.1 Å². The summed E-state index contributed by atoms with van der Waals surface area (Å²) in [5.41, 5.74) is 0. The van der Waals surface area contributed by atoms with Crippen LogP contribution in [0.2, 0.25) is 4.34 Å². The molecule has 1 aliphatic heterocycles. The standard InChI is InChI=1S/C13H14ClN3OS2/c1-8-15-16-12(19-8)9-3-2-6-17(7-9)13(18)10-4-5-11(14)20-10/h4-5,9H,2-3,6-7H2,1H3/t9-/m0/s1. The van der Waals surface area contributed by atoms with Crippen LogP contribution in [-0.2, 0) is 0 Å². The zero-order valence-electron chi connectivity index (χ0n) is 11.0. The first-order chi connectivity index (χ1) is 9.63. The first-order valence-corrected chi connectivity index (χ1v) is 8.49. The molecule has 0 spiro atoms. The van der Waals surface area contributed by atoms with Gasteiger partial charge in [0.25, 0.3) is 5.91 Å². The summed E-state index contributed by atoms with van der Waals surface area (Å²) in [4.78, 5) is 15.1. The smallest absolute Gasteiger partial charge is 0.263 e. The maximum Gasteiger partial charge on any atom is 0.263 e. The average Bonchev–Trinajstić information content (AvgIpc) is 3.07. The van der Waals surface area contributed by atoms with E-state index in [2.05, 4.69) is 10.2 Å². The Morgan fingerprint density at radius 2 is 2.25 bits per heavy atom. The van der Waals surface area contributed by atoms with Crippen molar-refractivity contribution in [3.63, 3.8) is 0 Å². The average molecular weight is 328 g/mol. The fourth-order valence-corrected chi connectivity index (χ4v) is 4.26. The minimum atomic E-state index is 0.0767. The Bertz CT molecular complexity index is 625. The molecule has 0 aliphatic carbocycles. The summed E-state index contributed by atoms with van der Waals surface area (Å²) in [6.45, 7) is 3.49. The zero-order valence-corrected chi connectivity index (χ0v) is 13.4. The highest BCUT2D eigenvalue weighted by Gasteiger charge is 2.28. The third-order valence-corrected chi connectivity index (χ3v) is 5.60. The Balaban J connectivity index is 1.73. The number of hydrogen-bond acceptors (Lipinski definition) is 5. The molecule has 1 saturated heterocycles. The number of piperidine rings is 1. The van der Waals surface area contributed by atoms with Crippen molar-refractivity contribution in [3.05, 3.63) is 31.4 Å². The Hall–Kier alpha value is -0.980. The molecule has 1 atom stereocenters. The van der Waals surface area contributed by atoms with Crippen molar-refractivity contribution in [1.29, 1.82) is 0 Å². The third kappa shape index (κ3) is 2.87. The van der Waals surface area contributed by atoms with Gasteiger partial charge in [0.2, 0.25) is 0 Å². The molecule has 3 rings (SSSR count). The normalized spacial score (nSPS) is 19.3. The monoisotopic (exact) mass is 327 g/mol. The molecule has 1 aliphatic rings. The summed E-state index contributed by atoms with van der Waals surface area (Å²) >= 11 is 8.87. The van der Waals surface area contributed by atoms with Crippen LogP contribution in [0, 0.1) is 6.92 Å². The number of hydrogen-bond donors (Lipinski definition) is 0. The number of carbonyl (C=O) groups excluding carboxylic acids is 1. The molecule has 0 bridgehead atoms. The number of rotatable bonds is 2. The molecular weight excluding hydrogens is 314 g/mol. The van der Waals surface area contributed by atoms with Gasteiger partial charge in [0.1, 0.15) is 10.0 Å². The summed E-state index contributed by atoms with van der Waals surface area (Å²) in [5.74, 6) is 0.391. The highest BCUT2D eigenvalue weighted by molar-refractivity contribution is 7.18. The summed E-state index contributed by atoms with van der Waals surface area (Å²) in [6, 6.07) is 3.57. The number of amides is 1. The fourth-order valence-electron chi connectivity index (χ4n) is 2.43. The summed E-state index contributed by atoms with van der Waals surface area (Å²) < 4.78 is 0.654. The minimum absolute atomic E-state index is 0.0767. The quantitative estimate of drug-likeness (QED) is 0.847. The van der Waals surface area contributed by atoms with Crippen LogP contribution in [0.1, 0.15) is 38.4 Å². The van der Waals surface area contributed by atoms with Gasteiger partial charge in [-0.15, -0.1) is 32.9 Å². The summed E-state index contributed by atoms with van der Waals surface area (Å²) in [6.07, 6.45) is 2.08. The second kappa shape index (κ2) is 5.79. The van der Waals surface area contributed by atoms with Crippen LogP contribution in [-0.4, -0.2) is 34.1 Å². The molecule has 2 aromatic heterocycles. The topological polar surface area (TPSA) is 46.1 Å². The predicted octanol–water partition coefficient (Wildman–Crippen LogP) is 3.58. The van der Waals surface area contributed by atoms with Crippen LogP contribution in [0.4, 0.5) is 0 Å². The van der Waals surface area contributed by atoms with Crippen molar-refractivity contribution in [3.8, 4) is 0 Å². The molecule has 1 amide bonds. The molecule has 0 saturated carbocycles. The molecule has 4 nitrogen and oxygen atoms in total. The van der Waals surface area contributed by atoms with Gasteiger partial charge in [0.05, 0.1) is 9.21 Å². The van der Waals surface area contributed by atoms with E-state index in [9.17, 15) is 4.79 Å². The van der Waals surface area contributed by atoms with Gasteiger partial charge in [-0.1, -0.05) is 11.6 Å². The van der Waals surface area contributed by atoms with E-state index < -0.39 is 0 Å². The number of carbonyl (C=O) groups is 1. The Labute approximate surface area is 130 Å². The second-order valence-corrected chi connectivity index (χ2v) is 7.78. The van der Waals surface area contributed by atoms with Crippen LogP contribution in [0.25, 0.3) is 0 Å². The van der Waals surface area contributed by atoms with Gasteiger partial charge >= 0.3 is 0 Å². The summed E-state index contributed by atoms with van der Waals surface area (Å²) in [7, 11) is 0.